The largest absolute Gasteiger partial charge is 0.377 e. The molecule has 2 N–H and O–H groups in total. The number of hydrogen-bond donors (Lipinski definition) is 1. The zero-order chi connectivity index (χ0) is 15.4. The Balaban J connectivity index is 1.90. The van der Waals surface area contributed by atoms with Crippen molar-refractivity contribution in [1.29, 1.82) is 0 Å². The molecule has 4 nitrogen and oxygen atoms in total. The minimum Gasteiger partial charge on any atom is -0.377 e. The van der Waals surface area contributed by atoms with Crippen molar-refractivity contribution in [2.24, 2.45) is 5.73 Å². The maximum Gasteiger partial charge on any atom is 0.0971 e. The summed E-state index contributed by atoms with van der Waals surface area (Å²) in [5.74, 6) is 0. The molecule has 0 saturated carbocycles. The molecule has 1 aromatic rings. The first kappa shape index (κ1) is 17.0. The van der Waals surface area contributed by atoms with Gasteiger partial charge in [0.2, 0.25) is 0 Å². The zero-order valence-electron chi connectivity index (χ0n) is 12.4. The fraction of sp³-hybridized carbons (Fsp3) is 0.600. The van der Waals surface area contributed by atoms with E-state index < -0.39 is 0 Å². The molecule has 2 rings (SSSR count). The molecule has 1 aromatic carbocycles. The van der Waals surface area contributed by atoms with Gasteiger partial charge in [-0.3, -0.25) is 4.90 Å². The van der Waals surface area contributed by atoms with Crippen molar-refractivity contribution in [3.05, 3.63) is 33.8 Å². The third-order valence-corrected chi connectivity index (χ3v) is 4.87. The maximum atomic E-state index is 6.24. The Labute approximate surface area is 136 Å². The molecule has 0 aromatic heterocycles. The first-order chi connectivity index (χ1) is 10.1. The third-order valence-electron chi connectivity index (χ3n) is 4.03. The van der Waals surface area contributed by atoms with E-state index in [0.29, 0.717) is 10.0 Å². The van der Waals surface area contributed by atoms with Crippen LogP contribution in [0.3, 0.4) is 0 Å². The summed E-state index contributed by atoms with van der Waals surface area (Å²) in [7, 11) is 3.44. The van der Waals surface area contributed by atoms with E-state index in [-0.39, 0.29) is 18.2 Å². The minimum atomic E-state index is -0.126. The Bertz CT molecular complexity index is 461. The Morgan fingerprint density at radius 1 is 1.24 bits per heavy atom. The SMILES string of the molecule is COC1CN(CCC(N)c2cccc(Cl)c2Cl)CC1OC. The molecule has 3 unspecified atom stereocenters. The monoisotopic (exact) mass is 332 g/mol. The van der Waals surface area contributed by atoms with Gasteiger partial charge in [0, 0.05) is 39.9 Å². The van der Waals surface area contributed by atoms with Gasteiger partial charge in [0.1, 0.15) is 0 Å². The summed E-state index contributed by atoms with van der Waals surface area (Å²) < 4.78 is 10.9. The quantitative estimate of drug-likeness (QED) is 0.870. The fourth-order valence-corrected chi connectivity index (χ4v) is 3.19. The van der Waals surface area contributed by atoms with Crippen molar-refractivity contribution >= 4 is 23.2 Å². The van der Waals surface area contributed by atoms with Crippen molar-refractivity contribution in [2.45, 2.75) is 24.7 Å². The van der Waals surface area contributed by atoms with Crippen LogP contribution >= 0.6 is 23.2 Å². The Morgan fingerprint density at radius 3 is 2.43 bits per heavy atom. The van der Waals surface area contributed by atoms with Crippen molar-refractivity contribution in [3.63, 3.8) is 0 Å². The molecule has 1 heterocycles. The second-order valence-electron chi connectivity index (χ2n) is 5.35. The highest BCUT2D eigenvalue weighted by atomic mass is 35.5. The van der Waals surface area contributed by atoms with E-state index in [1.807, 2.05) is 12.1 Å². The first-order valence-corrected chi connectivity index (χ1v) is 7.79. The van der Waals surface area contributed by atoms with Gasteiger partial charge in [0.15, 0.2) is 0 Å². The van der Waals surface area contributed by atoms with Gasteiger partial charge < -0.3 is 15.2 Å². The van der Waals surface area contributed by atoms with Crippen LogP contribution in [0.5, 0.6) is 0 Å². The molecule has 1 aliphatic heterocycles. The predicted molar refractivity (Wildman–Crippen MR) is 86.0 cm³/mol. The molecule has 1 fully saturated rings. The average molecular weight is 333 g/mol. The third kappa shape index (κ3) is 4.09. The van der Waals surface area contributed by atoms with Crippen LogP contribution in [0.4, 0.5) is 0 Å². The van der Waals surface area contributed by atoms with E-state index in [4.69, 9.17) is 38.4 Å². The number of halogens is 2. The number of methoxy groups -OCH3 is 2. The van der Waals surface area contributed by atoms with Gasteiger partial charge in [-0.25, -0.2) is 0 Å². The number of hydrogen-bond acceptors (Lipinski definition) is 4. The van der Waals surface area contributed by atoms with Crippen molar-refractivity contribution in [1.82, 2.24) is 4.90 Å². The van der Waals surface area contributed by atoms with Crippen LogP contribution in [0.2, 0.25) is 10.0 Å². The van der Waals surface area contributed by atoms with Crippen molar-refractivity contribution in [3.8, 4) is 0 Å². The summed E-state index contributed by atoms with van der Waals surface area (Å²) in [5, 5.41) is 1.10. The van der Waals surface area contributed by atoms with E-state index >= 15 is 0 Å². The van der Waals surface area contributed by atoms with E-state index in [0.717, 1.165) is 31.6 Å². The van der Waals surface area contributed by atoms with Crippen molar-refractivity contribution < 1.29 is 9.47 Å². The molecule has 1 aliphatic rings. The van der Waals surface area contributed by atoms with Gasteiger partial charge in [-0.15, -0.1) is 0 Å². The van der Waals surface area contributed by atoms with Crippen LogP contribution in [-0.4, -0.2) is 51.0 Å². The van der Waals surface area contributed by atoms with Crippen LogP contribution in [0.1, 0.15) is 18.0 Å². The lowest BCUT2D eigenvalue weighted by Gasteiger charge is -2.19. The van der Waals surface area contributed by atoms with E-state index in [1.54, 1.807) is 20.3 Å². The summed E-state index contributed by atoms with van der Waals surface area (Å²) in [6.45, 7) is 2.61. The smallest absolute Gasteiger partial charge is 0.0971 e. The van der Waals surface area contributed by atoms with E-state index in [9.17, 15) is 0 Å². The van der Waals surface area contributed by atoms with Crippen LogP contribution in [0.25, 0.3) is 0 Å². The average Bonchev–Trinajstić information content (AvgIpc) is 2.90. The number of nitrogens with zero attached hydrogens (tertiary/aromatic N) is 1. The molecular weight excluding hydrogens is 311 g/mol. The Hall–Kier alpha value is -0.360. The summed E-state index contributed by atoms with van der Waals surface area (Å²) in [4.78, 5) is 2.31. The first-order valence-electron chi connectivity index (χ1n) is 7.04. The van der Waals surface area contributed by atoms with Crippen molar-refractivity contribution in [2.75, 3.05) is 33.9 Å². The van der Waals surface area contributed by atoms with Crippen LogP contribution in [-0.2, 0) is 9.47 Å². The summed E-state index contributed by atoms with van der Waals surface area (Å²) in [6, 6.07) is 5.45. The molecule has 1 saturated heterocycles. The molecular formula is C15H22Cl2N2O2. The number of nitrogens with two attached hydrogens (primary N) is 1. The van der Waals surface area contributed by atoms with E-state index in [2.05, 4.69) is 4.90 Å². The minimum absolute atomic E-state index is 0.126. The topological polar surface area (TPSA) is 47.7 Å². The number of ether oxygens (including phenoxy) is 2. The molecule has 3 atom stereocenters. The normalized spacial score (nSPS) is 24.4. The standard InChI is InChI=1S/C15H22Cl2N2O2/c1-20-13-8-19(9-14(13)21-2)7-6-12(18)10-4-3-5-11(16)15(10)17/h3-5,12-14H,6-9,18H2,1-2H3. The van der Waals surface area contributed by atoms with Crippen LogP contribution in [0.15, 0.2) is 18.2 Å². The molecule has 0 radical (unpaired) electrons. The van der Waals surface area contributed by atoms with Gasteiger partial charge in [-0.1, -0.05) is 35.3 Å². The lowest BCUT2D eigenvalue weighted by Crippen LogP contribution is -2.27. The second-order valence-corrected chi connectivity index (χ2v) is 6.13. The highest BCUT2D eigenvalue weighted by molar-refractivity contribution is 6.42. The van der Waals surface area contributed by atoms with Gasteiger partial charge in [-0.05, 0) is 18.1 Å². The lowest BCUT2D eigenvalue weighted by atomic mass is 10.0. The molecule has 118 valence electrons. The van der Waals surface area contributed by atoms with Gasteiger partial charge in [0.05, 0.1) is 22.3 Å². The number of rotatable bonds is 6. The van der Waals surface area contributed by atoms with Crippen LogP contribution in [0, 0.1) is 0 Å². The predicted octanol–water partition coefficient (Wildman–Crippen LogP) is 2.73. The highest BCUT2D eigenvalue weighted by Gasteiger charge is 2.32. The summed E-state index contributed by atoms with van der Waals surface area (Å²) in [6.07, 6.45) is 1.06. The molecule has 0 aliphatic carbocycles. The molecule has 0 bridgehead atoms. The van der Waals surface area contributed by atoms with Gasteiger partial charge in [-0.2, -0.15) is 0 Å². The maximum absolute atomic E-state index is 6.24. The lowest BCUT2D eigenvalue weighted by molar-refractivity contribution is -0.00461. The molecule has 21 heavy (non-hydrogen) atoms. The molecule has 0 spiro atoms. The zero-order valence-corrected chi connectivity index (χ0v) is 13.9. The summed E-state index contributed by atoms with van der Waals surface area (Å²) >= 11 is 12.2. The highest BCUT2D eigenvalue weighted by Crippen LogP contribution is 2.30. The number of likely N-dealkylation sites (tertiary alicyclic amines) is 1. The molecule has 6 heteroatoms. The van der Waals surface area contributed by atoms with E-state index in [1.165, 1.54) is 0 Å². The van der Waals surface area contributed by atoms with Crippen LogP contribution < -0.4 is 5.73 Å². The number of benzene rings is 1. The van der Waals surface area contributed by atoms with Gasteiger partial charge in [0.25, 0.3) is 0 Å². The fourth-order valence-electron chi connectivity index (χ4n) is 2.74. The Kier molecular flexibility index (Phi) is 6.29. The Morgan fingerprint density at radius 2 is 1.86 bits per heavy atom. The summed E-state index contributed by atoms with van der Waals surface area (Å²) in [5.41, 5.74) is 7.14. The molecule has 0 amide bonds. The van der Waals surface area contributed by atoms with Gasteiger partial charge >= 0.3 is 0 Å². The second kappa shape index (κ2) is 7.77.